The highest BCUT2D eigenvalue weighted by molar-refractivity contribution is 7.12. The lowest BCUT2D eigenvalue weighted by molar-refractivity contribution is 0.104. The number of nitrogen functional groups attached to an aromatic ring is 1. The van der Waals surface area contributed by atoms with Gasteiger partial charge in [-0.1, -0.05) is 6.07 Å². The Balaban J connectivity index is 1.75. The number of nitrogens with two attached hydrogens (primary N) is 1. The largest absolute Gasteiger partial charge is 0.339 e. The number of rotatable bonds is 3. The molecular formula is C19H21N3OS. The Morgan fingerprint density at radius 2 is 2.04 bits per heavy atom. The van der Waals surface area contributed by atoms with Gasteiger partial charge in [0.2, 0.25) is 5.78 Å². The highest BCUT2D eigenvalue weighted by atomic mass is 32.1. The lowest BCUT2D eigenvalue weighted by atomic mass is 9.89. The van der Waals surface area contributed by atoms with E-state index in [-0.39, 0.29) is 5.78 Å². The molecule has 24 heavy (non-hydrogen) atoms. The van der Waals surface area contributed by atoms with E-state index in [1.807, 2.05) is 41.9 Å². The Labute approximate surface area is 145 Å². The molecule has 5 heteroatoms. The lowest BCUT2D eigenvalue weighted by Crippen LogP contribution is -2.29. The molecule has 2 aromatic heterocycles. The van der Waals surface area contributed by atoms with E-state index in [0.717, 1.165) is 47.3 Å². The zero-order valence-electron chi connectivity index (χ0n) is 13.7. The summed E-state index contributed by atoms with van der Waals surface area (Å²) in [5.74, 6) is 6.76. The molecule has 3 aromatic rings. The molecule has 0 atom stereocenters. The first-order valence-electron chi connectivity index (χ1n) is 8.30. The number of carbonyl (C=O) groups is 1. The summed E-state index contributed by atoms with van der Waals surface area (Å²) in [6.07, 6.45) is 4.32. The minimum atomic E-state index is 0.0889. The second kappa shape index (κ2) is 6.07. The standard InChI is InChI=1S/C19H21N3OS/c1-21-8-6-13(7-9-21)16-12-22(20)17-5-4-14(11-15(16)17)19(23)18-3-2-10-24-18/h2-5,10-13H,6-9,20H2,1H3. The quantitative estimate of drug-likeness (QED) is 0.587. The molecule has 3 heterocycles. The van der Waals surface area contributed by atoms with E-state index in [4.69, 9.17) is 5.84 Å². The van der Waals surface area contributed by atoms with Crippen molar-refractivity contribution in [3.63, 3.8) is 0 Å². The van der Waals surface area contributed by atoms with Crippen LogP contribution in [0.25, 0.3) is 10.9 Å². The Hall–Kier alpha value is -2.11. The molecule has 1 aromatic carbocycles. The summed E-state index contributed by atoms with van der Waals surface area (Å²) in [4.78, 5) is 15.8. The maximum Gasteiger partial charge on any atom is 0.202 e. The van der Waals surface area contributed by atoms with Gasteiger partial charge in [0, 0.05) is 17.1 Å². The number of hydrogen-bond donors (Lipinski definition) is 1. The van der Waals surface area contributed by atoms with Gasteiger partial charge in [-0.3, -0.25) is 9.47 Å². The first kappa shape index (κ1) is 15.4. The van der Waals surface area contributed by atoms with Crippen LogP contribution in [0.4, 0.5) is 0 Å². The van der Waals surface area contributed by atoms with E-state index in [1.54, 1.807) is 4.68 Å². The van der Waals surface area contributed by atoms with Gasteiger partial charge in [0.1, 0.15) is 0 Å². The van der Waals surface area contributed by atoms with Crippen LogP contribution in [0.2, 0.25) is 0 Å². The van der Waals surface area contributed by atoms with Gasteiger partial charge in [-0.15, -0.1) is 11.3 Å². The van der Waals surface area contributed by atoms with Crippen molar-refractivity contribution in [3.05, 3.63) is 57.9 Å². The molecule has 1 fully saturated rings. The van der Waals surface area contributed by atoms with Gasteiger partial charge in [-0.2, -0.15) is 0 Å². The van der Waals surface area contributed by atoms with Crippen molar-refractivity contribution >= 4 is 28.0 Å². The summed E-state index contributed by atoms with van der Waals surface area (Å²) in [6, 6.07) is 9.66. The molecule has 1 saturated heterocycles. The van der Waals surface area contributed by atoms with E-state index in [1.165, 1.54) is 16.9 Å². The fourth-order valence-corrected chi connectivity index (χ4v) is 4.30. The molecule has 0 aliphatic carbocycles. The topological polar surface area (TPSA) is 51.3 Å². The maximum atomic E-state index is 12.7. The zero-order valence-corrected chi connectivity index (χ0v) is 14.6. The van der Waals surface area contributed by atoms with Crippen molar-refractivity contribution < 1.29 is 4.79 Å². The molecule has 2 N–H and O–H groups in total. The van der Waals surface area contributed by atoms with Crippen LogP contribution in [0.5, 0.6) is 0 Å². The third-order valence-corrected chi connectivity index (χ3v) is 5.90. The second-order valence-corrected chi connectivity index (χ2v) is 7.56. The van der Waals surface area contributed by atoms with Gasteiger partial charge in [-0.05, 0) is 74.1 Å². The molecule has 0 unspecified atom stereocenters. The lowest BCUT2D eigenvalue weighted by Gasteiger charge is -2.28. The van der Waals surface area contributed by atoms with Crippen LogP contribution in [0.3, 0.4) is 0 Å². The van der Waals surface area contributed by atoms with Gasteiger partial charge in [-0.25, -0.2) is 0 Å². The predicted octanol–water partition coefficient (Wildman–Crippen LogP) is 3.46. The van der Waals surface area contributed by atoms with Crippen molar-refractivity contribution in [1.29, 1.82) is 0 Å². The highest BCUT2D eigenvalue weighted by Crippen LogP contribution is 2.34. The molecular weight excluding hydrogens is 318 g/mol. The van der Waals surface area contributed by atoms with Crippen LogP contribution in [0, 0.1) is 0 Å². The Morgan fingerprint density at radius 1 is 1.25 bits per heavy atom. The number of piperidine rings is 1. The number of fused-ring (bicyclic) bond motifs is 1. The minimum absolute atomic E-state index is 0.0889. The molecule has 4 rings (SSSR count). The first-order chi connectivity index (χ1) is 11.6. The number of likely N-dealkylation sites (tertiary alicyclic amines) is 1. The van der Waals surface area contributed by atoms with E-state index < -0.39 is 0 Å². The number of aromatic nitrogens is 1. The van der Waals surface area contributed by atoms with Crippen molar-refractivity contribution in [3.8, 4) is 0 Å². The average molecular weight is 339 g/mol. The third-order valence-electron chi connectivity index (χ3n) is 5.03. The normalized spacial score (nSPS) is 16.7. The van der Waals surface area contributed by atoms with Crippen LogP contribution in [0.15, 0.2) is 41.9 Å². The molecule has 0 radical (unpaired) electrons. The van der Waals surface area contributed by atoms with Gasteiger partial charge in [0.25, 0.3) is 0 Å². The molecule has 124 valence electrons. The van der Waals surface area contributed by atoms with Crippen molar-refractivity contribution in [1.82, 2.24) is 9.58 Å². The summed E-state index contributed by atoms with van der Waals surface area (Å²) >= 11 is 1.48. The number of benzene rings is 1. The number of ketones is 1. The van der Waals surface area contributed by atoms with Crippen LogP contribution in [-0.4, -0.2) is 35.5 Å². The molecule has 4 nitrogen and oxygen atoms in total. The molecule has 0 spiro atoms. The van der Waals surface area contributed by atoms with Crippen LogP contribution in [0.1, 0.15) is 39.6 Å². The van der Waals surface area contributed by atoms with Gasteiger partial charge < -0.3 is 10.7 Å². The molecule has 0 saturated carbocycles. The Morgan fingerprint density at radius 3 is 2.75 bits per heavy atom. The van der Waals surface area contributed by atoms with Crippen LogP contribution in [-0.2, 0) is 0 Å². The summed E-state index contributed by atoms with van der Waals surface area (Å²) in [5.41, 5.74) is 3.01. The highest BCUT2D eigenvalue weighted by Gasteiger charge is 2.23. The molecule has 1 aliphatic rings. The van der Waals surface area contributed by atoms with Gasteiger partial charge >= 0.3 is 0 Å². The van der Waals surface area contributed by atoms with E-state index in [0.29, 0.717) is 5.92 Å². The fourth-order valence-electron chi connectivity index (χ4n) is 3.62. The predicted molar refractivity (Wildman–Crippen MR) is 99.3 cm³/mol. The zero-order chi connectivity index (χ0) is 16.7. The Kier molecular flexibility index (Phi) is 3.90. The summed E-state index contributed by atoms with van der Waals surface area (Å²) in [7, 11) is 2.17. The number of carbonyl (C=O) groups excluding carboxylic acids is 1. The second-order valence-electron chi connectivity index (χ2n) is 6.61. The van der Waals surface area contributed by atoms with E-state index in [9.17, 15) is 4.79 Å². The third kappa shape index (κ3) is 2.64. The summed E-state index contributed by atoms with van der Waals surface area (Å²) in [5, 5.41) is 3.06. The fraction of sp³-hybridized carbons (Fsp3) is 0.316. The SMILES string of the molecule is CN1CCC(c2cn(N)c3ccc(C(=O)c4cccs4)cc23)CC1. The smallest absolute Gasteiger partial charge is 0.202 e. The van der Waals surface area contributed by atoms with E-state index in [2.05, 4.69) is 11.9 Å². The van der Waals surface area contributed by atoms with Gasteiger partial charge in [0.05, 0.1) is 10.4 Å². The molecule has 0 amide bonds. The van der Waals surface area contributed by atoms with E-state index >= 15 is 0 Å². The molecule has 1 aliphatic heterocycles. The minimum Gasteiger partial charge on any atom is -0.339 e. The van der Waals surface area contributed by atoms with Crippen molar-refractivity contribution in [2.24, 2.45) is 0 Å². The Bertz CT molecular complexity index is 874. The van der Waals surface area contributed by atoms with Crippen molar-refractivity contribution in [2.45, 2.75) is 18.8 Å². The van der Waals surface area contributed by atoms with Crippen LogP contribution >= 0.6 is 11.3 Å². The molecule has 0 bridgehead atoms. The first-order valence-corrected chi connectivity index (χ1v) is 9.18. The average Bonchev–Trinajstić information content (AvgIpc) is 3.23. The van der Waals surface area contributed by atoms with Gasteiger partial charge in [0.15, 0.2) is 0 Å². The monoisotopic (exact) mass is 339 g/mol. The summed E-state index contributed by atoms with van der Waals surface area (Å²) < 4.78 is 1.70. The van der Waals surface area contributed by atoms with Crippen LogP contribution < -0.4 is 5.84 Å². The maximum absolute atomic E-state index is 12.7. The number of thiophene rings is 1. The number of hydrogen-bond acceptors (Lipinski definition) is 4. The summed E-state index contributed by atoms with van der Waals surface area (Å²) in [6.45, 7) is 2.21. The number of nitrogens with zero attached hydrogens (tertiary/aromatic N) is 2. The van der Waals surface area contributed by atoms with Crippen molar-refractivity contribution in [2.75, 3.05) is 26.0 Å².